The van der Waals surface area contributed by atoms with Crippen LogP contribution in [0.25, 0.3) is 93.2 Å². The summed E-state index contributed by atoms with van der Waals surface area (Å²) in [6, 6.07) is 66.8. The molecule has 1 unspecified atom stereocenters. The van der Waals surface area contributed by atoms with Crippen molar-refractivity contribution in [2.24, 2.45) is 0 Å². The van der Waals surface area contributed by atoms with Gasteiger partial charge in [-0.15, -0.1) is 0 Å². The van der Waals surface area contributed by atoms with Crippen LogP contribution in [0.4, 0.5) is 0 Å². The Balaban J connectivity index is 1.08. The lowest BCUT2D eigenvalue weighted by Gasteiger charge is -2.17. The Morgan fingerprint density at radius 2 is 1.09 bits per heavy atom. The molecular weight excluding hydrogens is 643 g/mol. The second-order valence-electron chi connectivity index (χ2n) is 14.4. The van der Waals surface area contributed by atoms with E-state index in [0.29, 0.717) is 0 Å². The number of furan rings is 1. The predicted octanol–water partition coefficient (Wildman–Crippen LogP) is 13.8. The molecule has 1 atom stereocenters. The average Bonchev–Trinajstić information content (AvgIpc) is 3.88. The maximum Gasteiger partial charge on any atom is 0.160 e. The Bertz CT molecular complexity index is 3300. The van der Waals surface area contributed by atoms with Crippen LogP contribution in [0.1, 0.15) is 22.6 Å². The molecule has 0 saturated heterocycles. The number of benzene rings is 9. The molecule has 0 radical (unpaired) electrons. The Morgan fingerprint density at radius 3 is 2.04 bits per heavy atom. The molecule has 0 amide bonds. The van der Waals surface area contributed by atoms with Gasteiger partial charge in [-0.1, -0.05) is 140 Å². The van der Waals surface area contributed by atoms with E-state index in [0.717, 1.165) is 38.7 Å². The SMILES string of the molecule is c1ccc2c(c1)-c1cc(-c3ccc4c(c3)c3ccc5c6ccccc6oc5c3n4-c3ccc4ccccc4c3)ccc1C2c1cccc2ccccc12. The Morgan fingerprint density at radius 1 is 0.396 bits per heavy atom. The lowest BCUT2D eigenvalue weighted by Crippen LogP contribution is -2.00. The lowest BCUT2D eigenvalue weighted by molar-refractivity contribution is 0.671. The number of rotatable bonds is 3. The summed E-state index contributed by atoms with van der Waals surface area (Å²) in [7, 11) is 0. The normalized spacial score (nSPS) is 13.8. The van der Waals surface area contributed by atoms with Gasteiger partial charge in [0, 0.05) is 33.2 Å². The van der Waals surface area contributed by atoms with E-state index >= 15 is 0 Å². The first-order chi connectivity index (χ1) is 26.3. The molecule has 1 aliphatic carbocycles. The Hall–Kier alpha value is -6.90. The van der Waals surface area contributed by atoms with Gasteiger partial charge in [0.1, 0.15) is 5.58 Å². The summed E-state index contributed by atoms with van der Waals surface area (Å²) in [4.78, 5) is 0. The maximum absolute atomic E-state index is 6.70. The van der Waals surface area contributed by atoms with E-state index in [4.69, 9.17) is 4.42 Å². The van der Waals surface area contributed by atoms with Crippen LogP contribution >= 0.6 is 0 Å². The molecule has 0 spiro atoms. The van der Waals surface area contributed by atoms with Gasteiger partial charge in [-0.25, -0.2) is 0 Å². The van der Waals surface area contributed by atoms with Crippen LogP contribution in [0.2, 0.25) is 0 Å². The third-order valence-corrected chi connectivity index (χ3v) is 11.7. The number of hydrogen-bond acceptors (Lipinski definition) is 1. The molecule has 0 bridgehead atoms. The van der Waals surface area contributed by atoms with E-state index in [2.05, 4.69) is 180 Å². The molecule has 53 heavy (non-hydrogen) atoms. The first kappa shape index (κ1) is 28.8. The molecular formula is C51H31NO. The van der Waals surface area contributed by atoms with Crippen molar-refractivity contribution in [1.82, 2.24) is 4.57 Å². The summed E-state index contributed by atoms with van der Waals surface area (Å²) in [5, 5.41) is 9.72. The second kappa shape index (κ2) is 10.8. The number of aromatic nitrogens is 1. The standard InChI is InChI=1S/C51H31NO/c1-2-12-33-28-36(23-20-31(33)10-1)52-47-27-22-35(30-46(47)43-25-26-44-39-16-7-8-19-48(39)53-51(44)50(43)52)34-21-24-42-45(29-34)38-15-5-6-17-41(38)49(42)40-18-9-13-32-11-3-4-14-37(32)40/h1-30,49H. The van der Waals surface area contributed by atoms with Gasteiger partial charge in [0.15, 0.2) is 5.58 Å². The van der Waals surface area contributed by atoms with Crippen LogP contribution in [0.5, 0.6) is 0 Å². The predicted molar refractivity (Wildman–Crippen MR) is 221 cm³/mol. The van der Waals surface area contributed by atoms with Gasteiger partial charge in [0.2, 0.25) is 0 Å². The fraction of sp³-hybridized carbons (Fsp3) is 0.0196. The number of hydrogen-bond donors (Lipinski definition) is 0. The Labute approximate surface area is 305 Å². The van der Waals surface area contributed by atoms with Gasteiger partial charge in [-0.2, -0.15) is 0 Å². The van der Waals surface area contributed by atoms with E-state index in [1.807, 2.05) is 6.07 Å². The second-order valence-corrected chi connectivity index (χ2v) is 14.4. The average molecular weight is 674 g/mol. The lowest BCUT2D eigenvalue weighted by atomic mass is 9.86. The molecule has 0 fully saturated rings. The van der Waals surface area contributed by atoms with Crippen molar-refractivity contribution in [3.05, 3.63) is 199 Å². The topological polar surface area (TPSA) is 18.1 Å². The molecule has 2 aromatic heterocycles. The fourth-order valence-corrected chi connectivity index (χ4v) is 9.26. The van der Waals surface area contributed by atoms with Crippen LogP contribution in [0.3, 0.4) is 0 Å². The van der Waals surface area contributed by atoms with E-state index in [1.54, 1.807) is 0 Å². The highest BCUT2D eigenvalue weighted by molar-refractivity contribution is 6.22. The molecule has 0 aliphatic heterocycles. The zero-order chi connectivity index (χ0) is 34.6. The number of fused-ring (bicyclic) bond motifs is 12. The quantitative estimate of drug-likeness (QED) is 0.183. The molecule has 2 nitrogen and oxygen atoms in total. The van der Waals surface area contributed by atoms with Gasteiger partial charge in [-0.3, -0.25) is 0 Å². The van der Waals surface area contributed by atoms with Crippen molar-refractivity contribution in [1.29, 1.82) is 0 Å². The van der Waals surface area contributed by atoms with Crippen LogP contribution < -0.4 is 0 Å². The van der Waals surface area contributed by atoms with E-state index < -0.39 is 0 Å². The molecule has 0 saturated carbocycles. The molecule has 11 aromatic rings. The largest absolute Gasteiger partial charge is 0.454 e. The maximum atomic E-state index is 6.70. The van der Waals surface area contributed by atoms with Gasteiger partial charge < -0.3 is 8.98 Å². The monoisotopic (exact) mass is 673 g/mol. The summed E-state index contributed by atoms with van der Waals surface area (Å²) < 4.78 is 9.10. The summed E-state index contributed by atoms with van der Waals surface area (Å²) in [6.45, 7) is 0. The highest BCUT2D eigenvalue weighted by Gasteiger charge is 2.31. The van der Waals surface area contributed by atoms with Crippen LogP contribution in [-0.2, 0) is 0 Å². The third-order valence-electron chi connectivity index (χ3n) is 11.7. The number of para-hydroxylation sites is 1. The summed E-state index contributed by atoms with van der Waals surface area (Å²) in [6.07, 6.45) is 0. The minimum Gasteiger partial charge on any atom is -0.454 e. The van der Waals surface area contributed by atoms with Gasteiger partial charge in [0.05, 0.1) is 11.0 Å². The summed E-state index contributed by atoms with van der Waals surface area (Å²) in [5.74, 6) is 0.190. The zero-order valence-corrected chi connectivity index (χ0v) is 28.8. The highest BCUT2D eigenvalue weighted by Crippen LogP contribution is 2.50. The van der Waals surface area contributed by atoms with Crippen LogP contribution in [0, 0.1) is 0 Å². The molecule has 1 aliphatic rings. The van der Waals surface area contributed by atoms with E-state index in [1.165, 1.54) is 71.3 Å². The minimum absolute atomic E-state index is 0.190. The van der Waals surface area contributed by atoms with Gasteiger partial charge in [0.25, 0.3) is 0 Å². The van der Waals surface area contributed by atoms with Crippen molar-refractivity contribution in [3.63, 3.8) is 0 Å². The van der Waals surface area contributed by atoms with Crippen molar-refractivity contribution >= 4 is 65.3 Å². The van der Waals surface area contributed by atoms with E-state index in [9.17, 15) is 0 Å². The van der Waals surface area contributed by atoms with Crippen molar-refractivity contribution in [2.75, 3.05) is 0 Å². The number of nitrogens with zero attached hydrogens (tertiary/aromatic N) is 1. The highest BCUT2D eigenvalue weighted by atomic mass is 16.3. The van der Waals surface area contributed by atoms with Crippen molar-refractivity contribution < 1.29 is 4.42 Å². The zero-order valence-electron chi connectivity index (χ0n) is 28.8. The van der Waals surface area contributed by atoms with Crippen molar-refractivity contribution in [2.45, 2.75) is 5.92 Å². The molecule has 0 N–H and O–H groups in total. The molecule has 2 heterocycles. The third kappa shape index (κ3) is 4.09. The minimum atomic E-state index is 0.190. The first-order valence-corrected chi connectivity index (χ1v) is 18.4. The van der Waals surface area contributed by atoms with Gasteiger partial charge in [-0.05, 0) is 103 Å². The summed E-state index contributed by atoms with van der Waals surface area (Å²) in [5.41, 5.74) is 14.4. The first-order valence-electron chi connectivity index (χ1n) is 18.4. The van der Waals surface area contributed by atoms with Gasteiger partial charge >= 0.3 is 0 Å². The van der Waals surface area contributed by atoms with E-state index in [-0.39, 0.29) is 5.92 Å². The smallest absolute Gasteiger partial charge is 0.160 e. The molecule has 12 rings (SSSR count). The summed E-state index contributed by atoms with van der Waals surface area (Å²) >= 11 is 0. The van der Waals surface area contributed by atoms with Crippen LogP contribution in [-0.4, -0.2) is 4.57 Å². The van der Waals surface area contributed by atoms with Crippen molar-refractivity contribution in [3.8, 4) is 27.9 Å². The van der Waals surface area contributed by atoms with Crippen LogP contribution in [0.15, 0.2) is 186 Å². The molecule has 246 valence electrons. The Kier molecular flexibility index (Phi) is 5.86. The molecule has 2 heteroatoms. The fourth-order valence-electron chi connectivity index (χ4n) is 9.26. The molecule has 9 aromatic carbocycles.